The van der Waals surface area contributed by atoms with Crippen molar-refractivity contribution in [3.8, 4) is 0 Å². The van der Waals surface area contributed by atoms with Crippen LogP contribution in [0.3, 0.4) is 0 Å². The highest BCUT2D eigenvalue weighted by Crippen LogP contribution is 2.36. The monoisotopic (exact) mass is 272 g/mol. The fraction of sp³-hybridized carbons (Fsp3) is 0.167. The zero-order valence-corrected chi connectivity index (χ0v) is 10.1. The van der Waals surface area contributed by atoms with Crippen molar-refractivity contribution < 1.29 is 13.2 Å². The average Bonchev–Trinajstić information content (AvgIpc) is 2.79. The SMILES string of the molecule is FC(F)(F)Sc1ccc(CNn2cccc2)cc1. The van der Waals surface area contributed by atoms with Crippen LogP contribution in [0.1, 0.15) is 5.56 Å². The normalized spacial score (nSPS) is 11.5. The molecule has 0 aliphatic rings. The molecule has 2 aromatic rings. The van der Waals surface area contributed by atoms with Crippen molar-refractivity contribution in [1.29, 1.82) is 0 Å². The molecule has 0 unspecified atom stereocenters. The molecule has 0 saturated heterocycles. The summed E-state index contributed by atoms with van der Waals surface area (Å²) in [6.45, 7) is 0.561. The second-order valence-electron chi connectivity index (χ2n) is 3.62. The van der Waals surface area contributed by atoms with E-state index in [-0.39, 0.29) is 16.7 Å². The summed E-state index contributed by atoms with van der Waals surface area (Å²) in [5.74, 6) is 0. The van der Waals surface area contributed by atoms with E-state index in [1.807, 2.05) is 24.5 Å². The van der Waals surface area contributed by atoms with Gasteiger partial charge in [0, 0.05) is 17.3 Å². The zero-order chi connectivity index (χ0) is 13.0. The third kappa shape index (κ3) is 4.03. The standard InChI is InChI=1S/C12H11F3N2S/c13-12(14,15)18-11-5-3-10(4-6-11)9-16-17-7-1-2-8-17/h1-8,16H,9H2. The van der Waals surface area contributed by atoms with Crippen molar-refractivity contribution in [2.24, 2.45) is 0 Å². The predicted molar refractivity (Wildman–Crippen MR) is 65.9 cm³/mol. The molecule has 96 valence electrons. The first kappa shape index (κ1) is 12.9. The molecular formula is C12H11F3N2S. The second kappa shape index (κ2) is 5.39. The van der Waals surface area contributed by atoms with Crippen LogP contribution in [0.2, 0.25) is 0 Å². The van der Waals surface area contributed by atoms with Crippen LogP contribution in [0.5, 0.6) is 0 Å². The highest BCUT2D eigenvalue weighted by Gasteiger charge is 2.28. The minimum Gasteiger partial charge on any atom is -0.322 e. The number of hydrogen-bond donors (Lipinski definition) is 1. The number of thioether (sulfide) groups is 1. The summed E-state index contributed by atoms with van der Waals surface area (Å²) in [5, 5.41) is 0. The van der Waals surface area contributed by atoms with Gasteiger partial charge in [0.25, 0.3) is 0 Å². The molecule has 0 aliphatic carbocycles. The van der Waals surface area contributed by atoms with Crippen molar-refractivity contribution in [2.75, 3.05) is 5.43 Å². The van der Waals surface area contributed by atoms with E-state index < -0.39 is 5.51 Å². The Morgan fingerprint density at radius 1 is 1.06 bits per heavy atom. The molecule has 0 atom stereocenters. The van der Waals surface area contributed by atoms with Crippen LogP contribution >= 0.6 is 11.8 Å². The Morgan fingerprint density at radius 3 is 2.22 bits per heavy atom. The Morgan fingerprint density at radius 2 is 1.67 bits per heavy atom. The molecule has 1 N–H and O–H groups in total. The lowest BCUT2D eigenvalue weighted by Gasteiger charge is -2.09. The minimum atomic E-state index is -4.23. The Kier molecular flexibility index (Phi) is 3.86. The molecule has 0 fully saturated rings. The number of alkyl halides is 3. The van der Waals surface area contributed by atoms with Gasteiger partial charge in [0.05, 0.1) is 6.54 Å². The summed E-state index contributed by atoms with van der Waals surface area (Å²) >= 11 is -0.100. The quantitative estimate of drug-likeness (QED) is 0.852. The van der Waals surface area contributed by atoms with Crippen molar-refractivity contribution in [1.82, 2.24) is 4.68 Å². The summed E-state index contributed by atoms with van der Waals surface area (Å²) in [6.07, 6.45) is 3.71. The van der Waals surface area contributed by atoms with Gasteiger partial charge in [-0.2, -0.15) is 13.2 Å². The maximum Gasteiger partial charge on any atom is 0.446 e. The van der Waals surface area contributed by atoms with E-state index in [1.165, 1.54) is 12.1 Å². The third-order valence-corrected chi connectivity index (χ3v) is 2.97. The molecule has 1 heterocycles. The van der Waals surface area contributed by atoms with Crippen LogP contribution in [-0.2, 0) is 6.54 Å². The first-order valence-electron chi connectivity index (χ1n) is 5.24. The lowest BCUT2D eigenvalue weighted by molar-refractivity contribution is -0.0328. The lowest BCUT2D eigenvalue weighted by atomic mass is 10.2. The van der Waals surface area contributed by atoms with E-state index in [2.05, 4.69) is 5.43 Å². The second-order valence-corrected chi connectivity index (χ2v) is 4.76. The van der Waals surface area contributed by atoms with Gasteiger partial charge in [0.1, 0.15) is 0 Å². The van der Waals surface area contributed by atoms with E-state index >= 15 is 0 Å². The van der Waals surface area contributed by atoms with Crippen molar-refractivity contribution >= 4 is 11.8 Å². The number of nitrogens with one attached hydrogen (secondary N) is 1. The Labute approximate surface area is 107 Å². The number of halogens is 3. The molecule has 18 heavy (non-hydrogen) atoms. The van der Waals surface area contributed by atoms with Gasteiger partial charge < -0.3 is 5.43 Å². The average molecular weight is 272 g/mol. The highest BCUT2D eigenvalue weighted by molar-refractivity contribution is 8.00. The molecular weight excluding hydrogens is 261 g/mol. The number of aromatic nitrogens is 1. The van der Waals surface area contributed by atoms with Crippen molar-refractivity contribution in [3.63, 3.8) is 0 Å². The van der Waals surface area contributed by atoms with Gasteiger partial charge in [-0.3, -0.25) is 4.68 Å². The van der Waals surface area contributed by atoms with E-state index in [0.29, 0.717) is 6.54 Å². The van der Waals surface area contributed by atoms with Gasteiger partial charge in [-0.05, 0) is 41.6 Å². The maximum absolute atomic E-state index is 12.1. The fourth-order valence-corrected chi connectivity index (χ4v) is 1.97. The van der Waals surface area contributed by atoms with Crippen LogP contribution in [0.25, 0.3) is 0 Å². The van der Waals surface area contributed by atoms with Crippen molar-refractivity contribution in [3.05, 3.63) is 54.4 Å². The number of rotatable bonds is 4. The first-order valence-corrected chi connectivity index (χ1v) is 6.06. The van der Waals surface area contributed by atoms with Gasteiger partial charge in [-0.1, -0.05) is 12.1 Å². The molecule has 0 aliphatic heterocycles. The highest BCUT2D eigenvalue weighted by atomic mass is 32.2. The number of benzene rings is 1. The topological polar surface area (TPSA) is 17.0 Å². The Balaban J connectivity index is 1.91. The fourth-order valence-electron chi connectivity index (χ4n) is 1.43. The largest absolute Gasteiger partial charge is 0.446 e. The molecule has 0 saturated carbocycles. The summed E-state index contributed by atoms with van der Waals surface area (Å²) in [6, 6.07) is 10.1. The smallest absolute Gasteiger partial charge is 0.322 e. The maximum atomic E-state index is 12.1. The molecule has 6 heteroatoms. The molecule has 0 spiro atoms. The first-order chi connectivity index (χ1) is 8.53. The van der Waals surface area contributed by atoms with E-state index in [1.54, 1.807) is 16.8 Å². The minimum absolute atomic E-state index is 0.100. The molecule has 1 aromatic carbocycles. The van der Waals surface area contributed by atoms with Gasteiger partial charge in [0.15, 0.2) is 0 Å². The summed E-state index contributed by atoms with van der Waals surface area (Å²) in [7, 11) is 0. The van der Waals surface area contributed by atoms with Gasteiger partial charge >= 0.3 is 5.51 Å². The van der Waals surface area contributed by atoms with Gasteiger partial charge in [-0.25, -0.2) is 0 Å². The number of nitrogens with zero attached hydrogens (tertiary/aromatic N) is 1. The molecule has 1 aromatic heterocycles. The van der Waals surface area contributed by atoms with E-state index in [0.717, 1.165) is 5.56 Å². The summed E-state index contributed by atoms with van der Waals surface area (Å²) in [4.78, 5) is 0.201. The molecule has 2 nitrogen and oxygen atoms in total. The molecule has 2 rings (SSSR count). The van der Waals surface area contributed by atoms with Crippen LogP contribution in [-0.4, -0.2) is 10.2 Å². The predicted octanol–water partition coefficient (Wildman–Crippen LogP) is 3.84. The van der Waals surface area contributed by atoms with Gasteiger partial charge in [-0.15, -0.1) is 0 Å². The lowest BCUT2D eigenvalue weighted by Crippen LogP contribution is -2.11. The van der Waals surface area contributed by atoms with Crippen LogP contribution < -0.4 is 5.43 Å². The third-order valence-electron chi connectivity index (χ3n) is 2.23. The Hall–Kier alpha value is -1.56. The van der Waals surface area contributed by atoms with Crippen molar-refractivity contribution in [2.45, 2.75) is 16.9 Å². The Bertz CT molecular complexity index is 477. The van der Waals surface area contributed by atoms with Crippen LogP contribution in [0.15, 0.2) is 53.7 Å². The zero-order valence-electron chi connectivity index (χ0n) is 9.32. The van der Waals surface area contributed by atoms with Gasteiger partial charge in [0.2, 0.25) is 0 Å². The molecule has 0 bridgehead atoms. The molecule has 0 amide bonds. The summed E-state index contributed by atoms with van der Waals surface area (Å²) < 4.78 is 38.2. The van der Waals surface area contributed by atoms with Crippen LogP contribution in [0, 0.1) is 0 Å². The van der Waals surface area contributed by atoms with E-state index in [4.69, 9.17) is 0 Å². The number of hydrogen-bond acceptors (Lipinski definition) is 2. The van der Waals surface area contributed by atoms with Crippen LogP contribution in [0.4, 0.5) is 13.2 Å². The molecule has 0 radical (unpaired) electrons. The van der Waals surface area contributed by atoms with E-state index in [9.17, 15) is 13.2 Å². The summed E-state index contributed by atoms with van der Waals surface area (Å²) in [5.41, 5.74) is -0.209.